The molecule has 0 spiro atoms. The van der Waals surface area contributed by atoms with Gasteiger partial charge in [-0.2, -0.15) is 0 Å². The van der Waals surface area contributed by atoms with Crippen LogP contribution in [-0.2, 0) is 0 Å². The van der Waals surface area contributed by atoms with Crippen molar-refractivity contribution in [3.05, 3.63) is 102 Å². The third-order valence-corrected chi connectivity index (χ3v) is 7.36. The van der Waals surface area contributed by atoms with Gasteiger partial charge in [0.05, 0.1) is 7.11 Å². The van der Waals surface area contributed by atoms with Gasteiger partial charge in [0.1, 0.15) is 23.4 Å². The molecule has 8 nitrogen and oxygen atoms in total. The molecule has 0 radical (unpaired) electrons. The Labute approximate surface area is 258 Å². The van der Waals surface area contributed by atoms with E-state index in [9.17, 15) is 22.8 Å². The van der Waals surface area contributed by atoms with Crippen LogP contribution in [0.4, 0.5) is 29.3 Å². The number of alkyl halides is 3. The first-order chi connectivity index (χ1) is 21.6. The molecule has 234 valence electrons. The number of hydrogen-bond acceptors (Lipinski definition) is 5. The van der Waals surface area contributed by atoms with Crippen molar-refractivity contribution >= 4 is 23.3 Å². The summed E-state index contributed by atoms with van der Waals surface area (Å²) in [5.41, 5.74) is 3.54. The highest BCUT2D eigenvalue weighted by Gasteiger charge is 2.31. The lowest BCUT2D eigenvalue weighted by Gasteiger charge is -2.32. The summed E-state index contributed by atoms with van der Waals surface area (Å²) in [5.74, 6) is 0.572. The van der Waals surface area contributed by atoms with E-state index in [0.29, 0.717) is 65.5 Å². The summed E-state index contributed by atoms with van der Waals surface area (Å²) in [6.45, 7) is 2.89. The van der Waals surface area contributed by atoms with Crippen LogP contribution in [0.3, 0.4) is 0 Å². The molecule has 0 bridgehead atoms. The van der Waals surface area contributed by atoms with E-state index >= 15 is 0 Å². The van der Waals surface area contributed by atoms with Gasteiger partial charge in [0.15, 0.2) is 0 Å². The Morgan fingerprint density at radius 3 is 2.13 bits per heavy atom. The summed E-state index contributed by atoms with van der Waals surface area (Å²) in [6, 6.07) is 24.7. The number of nitrogens with one attached hydrogen (secondary N) is 2. The third kappa shape index (κ3) is 8.26. The van der Waals surface area contributed by atoms with E-state index < -0.39 is 6.36 Å². The number of likely N-dealkylation sites (tertiary alicyclic amines) is 1. The summed E-state index contributed by atoms with van der Waals surface area (Å²) < 4.78 is 53.1. The summed E-state index contributed by atoms with van der Waals surface area (Å²) in [5, 5.41) is 5.81. The highest BCUT2D eigenvalue weighted by Crippen LogP contribution is 2.32. The second kappa shape index (κ2) is 13.6. The molecule has 2 N–H and O–H groups in total. The van der Waals surface area contributed by atoms with E-state index in [4.69, 9.17) is 9.47 Å². The fourth-order valence-electron chi connectivity index (χ4n) is 5.16. The first-order valence-electron chi connectivity index (χ1n) is 14.3. The van der Waals surface area contributed by atoms with Crippen molar-refractivity contribution in [1.82, 2.24) is 4.90 Å². The molecule has 3 amide bonds. The lowest BCUT2D eigenvalue weighted by atomic mass is 9.94. The average Bonchev–Trinajstić information content (AvgIpc) is 3.01. The molecule has 0 unspecified atom stereocenters. The predicted octanol–water partition coefficient (Wildman–Crippen LogP) is 7.90. The molecular formula is C34H32F3N3O5. The number of hydrogen-bond donors (Lipinski definition) is 2. The van der Waals surface area contributed by atoms with Crippen LogP contribution in [0.5, 0.6) is 17.2 Å². The number of aryl methyl sites for hydroxylation is 1. The smallest absolute Gasteiger partial charge is 0.497 e. The normalized spacial score (nSPS) is 13.6. The van der Waals surface area contributed by atoms with Gasteiger partial charge < -0.3 is 29.7 Å². The molecule has 1 aliphatic rings. The topological polar surface area (TPSA) is 89.1 Å². The Kier molecular flexibility index (Phi) is 9.46. The van der Waals surface area contributed by atoms with Crippen LogP contribution in [-0.4, -0.2) is 49.5 Å². The molecule has 4 aromatic rings. The van der Waals surface area contributed by atoms with Gasteiger partial charge >= 0.3 is 12.4 Å². The van der Waals surface area contributed by atoms with Crippen molar-refractivity contribution in [3.63, 3.8) is 0 Å². The number of urea groups is 1. The van der Waals surface area contributed by atoms with Crippen molar-refractivity contribution in [2.75, 3.05) is 30.8 Å². The minimum atomic E-state index is -4.79. The molecule has 0 aromatic heterocycles. The molecule has 45 heavy (non-hydrogen) atoms. The zero-order valence-corrected chi connectivity index (χ0v) is 24.7. The molecule has 1 fully saturated rings. The first kappa shape index (κ1) is 31.2. The van der Waals surface area contributed by atoms with E-state index in [1.807, 2.05) is 13.0 Å². The number of rotatable bonds is 8. The Bertz CT molecular complexity index is 1630. The monoisotopic (exact) mass is 619 g/mol. The highest BCUT2D eigenvalue weighted by atomic mass is 19.4. The van der Waals surface area contributed by atoms with Gasteiger partial charge in [0, 0.05) is 48.9 Å². The number of carbonyl (C=O) groups excluding carboxylic acids is 2. The molecule has 4 aromatic carbocycles. The zero-order chi connectivity index (χ0) is 32.0. The number of piperidine rings is 1. The van der Waals surface area contributed by atoms with Crippen molar-refractivity contribution in [3.8, 4) is 28.4 Å². The minimum absolute atomic E-state index is 0.103. The number of amides is 3. The highest BCUT2D eigenvalue weighted by molar-refractivity contribution is 6.09. The number of halogens is 3. The SMILES string of the molecule is COc1ccc(NC(=O)N2CCC(Oc3cccc(NC(=O)c4cccc(C)c4-c4ccc(OC(F)(F)F)cc4)c3)CC2)cc1. The van der Waals surface area contributed by atoms with Crippen LogP contribution in [0.1, 0.15) is 28.8 Å². The van der Waals surface area contributed by atoms with Gasteiger partial charge in [-0.3, -0.25) is 4.79 Å². The van der Waals surface area contributed by atoms with E-state index in [1.54, 1.807) is 72.7 Å². The maximum Gasteiger partial charge on any atom is 0.573 e. The standard InChI is InChI=1S/C34H32F3N3O5/c1-22-5-3-8-30(31(22)23-9-13-28(14-10-23)45-34(35,36)37)32(41)38-25-6-4-7-29(21-25)44-27-17-19-40(20-18-27)33(42)39-24-11-15-26(43-2)16-12-24/h3-16,21,27H,17-20H2,1-2H3,(H,38,41)(H,39,42). The molecular weight excluding hydrogens is 587 g/mol. The molecule has 1 aliphatic heterocycles. The zero-order valence-electron chi connectivity index (χ0n) is 24.7. The van der Waals surface area contributed by atoms with Gasteiger partial charge in [0.25, 0.3) is 5.91 Å². The molecule has 0 atom stereocenters. The largest absolute Gasteiger partial charge is 0.573 e. The second-order valence-corrected chi connectivity index (χ2v) is 10.5. The Balaban J connectivity index is 1.19. The van der Waals surface area contributed by atoms with Crippen LogP contribution >= 0.6 is 0 Å². The molecule has 5 rings (SSSR count). The Hall–Kier alpha value is -5.19. The Morgan fingerprint density at radius 2 is 1.47 bits per heavy atom. The van der Waals surface area contributed by atoms with Crippen LogP contribution in [0.25, 0.3) is 11.1 Å². The molecule has 1 heterocycles. The molecule has 1 saturated heterocycles. The number of benzene rings is 4. The quantitative estimate of drug-likeness (QED) is 0.209. The fraction of sp³-hybridized carbons (Fsp3) is 0.235. The van der Waals surface area contributed by atoms with Crippen LogP contribution in [0.2, 0.25) is 0 Å². The molecule has 0 aliphatic carbocycles. The third-order valence-electron chi connectivity index (χ3n) is 7.36. The molecule has 0 saturated carbocycles. The van der Waals surface area contributed by atoms with Gasteiger partial charge in [-0.1, -0.05) is 30.3 Å². The number of nitrogens with zero attached hydrogens (tertiary/aromatic N) is 1. The fourth-order valence-corrected chi connectivity index (χ4v) is 5.16. The average molecular weight is 620 g/mol. The van der Waals surface area contributed by atoms with Crippen LogP contribution in [0, 0.1) is 6.92 Å². The predicted molar refractivity (Wildman–Crippen MR) is 165 cm³/mol. The number of ether oxygens (including phenoxy) is 3. The number of carbonyl (C=O) groups is 2. The Morgan fingerprint density at radius 1 is 0.800 bits per heavy atom. The number of methoxy groups -OCH3 is 1. The summed E-state index contributed by atoms with van der Waals surface area (Å²) in [6.07, 6.45) is -3.61. The summed E-state index contributed by atoms with van der Waals surface area (Å²) in [7, 11) is 1.58. The maximum atomic E-state index is 13.4. The van der Waals surface area contributed by atoms with Crippen molar-refractivity contribution in [1.29, 1.82) is 0 Å². The summed E-state index contributed by atoms with van der Waals surface area (Å²) in [4.78, 5) is 27.9. The first-order valence-corrected chi connectivity index (χ1v) is 14.3. The van der Waals surface area contributed by atoms with Gasteiger partial charge in [-0.15, -0.1) is 13.2 Å². The van der Waals surface area contributed by atoms with Crippen molar-refractivity contribution in [2.45, 2.75) is 32.2 Å². The lowest BCUT2D eigenvalue weighted by molar-refractivity contribution is -0.274. The van der Waals surface area contributed by atoms with E-state index in [0.717, 1.165) is 5.56 Å². The van der Waals surface area contributed by atoms with Gasteiger partial charge in [-0.25, -0.2) is 4.79 Å². The van der Waals surface area contributed by atoms with E-state index in [-0.39, 0.29) is 23.8 Å². The van der Waals surface area contributed by atoms with Gasteiger partial charge in [-0.05, 0) is 78.2 Å². The lowest BCUT2D eigenvalue weighted by Crippen LogP contribution is -2.43. The van der Waals surface area contributed by atoms with Crippen LogP contribution in [0.15, 0.2) is 91.0 Å². The van der Waals surface area contributed by atoms with E-state index in [1.165, 1.54) is 24.3 Å². The minimum Gasteiger partial charge on any atom is -0.497 e. The summed E-state index contributed by atoms with van der Waals surface area (Å²) >= 11 is 0. The van der Waals surface area contributed by atoms with Crippen molar-refractivity contribution < 1.29 is 37.0 Å². The van der Waals surface area contributed by atoms with E-state index in [2.05, 4.69) is 15.4 Å². The maximum absolute atomic E-state index is 13.4. The van der Waals surface area contributed by atoms with Gasteiger partial charge in [0.2, 0.25) is 0 Å². The second-order valence-electron chi connectivity index (χ2n) is 10.5. The molecule has 11 heteroatoms. The van der Waals surface area contributed by atoms with Crippen LogP contribution < -0.4 is 24.8 Å². The van der Waals surface area contributed by atoms with Crippen molar-refractivity contribution in [2.24, 2.45) is 0 Å². The number of anilines is 2.